The normalized spacial score (nSPS) is 18.5. The fraction of sp³-hybridized carbons (Fsp3) is 0.472. The Morgan fingerprint density at radius 2 is 0.421 bits per heavy atom. The molecule has 600 valence electrons. The first-order valence-electron chi connectivity index (χ1n) is 45.3. The molecule has 10 aromatic rings. The smallest absolute Gasteiger partial charge is 0.164 e. The summed E-state index contributed by atoms with van der Waals surface area (Å²) in [4.78, 5) is 16.1. The molecule has 0 saturated carbocycles. The number of hydrogen-bond acceptors (Lipinski definition) is 3. The second-order valence-electron chi connectivity index (χ2n) is 40.2. The highest BCUT2D eigenvalue weighted by Gasteiger charge is 2.49. The van der Waals surface area contributed by atoms with Gasteiger partial charge in [-0.2, -0.15) is 0 Å². The fourth-order valence-corrected chi connectivity index (χ4v) is 23.7. The molecule has 0 fully saturated rings. The van der Waals surface area contributed by atoms with E-state index >= 15 is 0 Å². The molecule has 1 aromatic heterocycles. The van der Waals surface area contributed by atoms with E-state index in [0.29, 0.717) is 53.0 Å². The average molecular weight is 1570 g/mol. The average Bonchev–Trinajstić information content (AvgIpc) is 1.57. The lowest BCUT2D eigenvalue weighted by Gasteiger charge is -2.37. The zero-order valence-electron chi connectivity index (χ0n) is 74.5. The molecule has 3 aliphatic carbocycles. The summed E-state index contributed by atoms with van der Waals surface area (Å²) in [6.07, 6.45) is 23.9. The molecule has 114 heavy (non-hydrogen) atoms. The number of nitrogens with zero attached hydrogens (tertiary/aromatic N) is 3. The Bertz CT molecular complexity index is 4440. The van der Waals surface area contributed by atoms with Gasteiger partial charge in [0.25, 0.3) is 0 Å². The van der Waals surface area contributed by atoms with Crippen LogP contribution in [0.25, 0.3) is 67.5 Å². The van der Waals surface area contributed by atoms with E-state index in [1.807, 2.05) is 0 Å². The van der Waals surface area contributed by atoms with Crippen molar-refractivity contribution in [3.8, 4) is 67.5 Å². The highest BCUT2D eigenvalue weighted by molar-refractivity contribution is 6.89. The predicted octanol–water partition coefficient (Wildman–Crippen LogP) is 28.5. The standard InChI is InChI=1S/C108H141N3Si3/c1-22-73(7)67-106(68-74(8)23-2)97-61-82(43-55-91(97)94-58-52-88(64-100(94)106)112(13,14)15)34-28-31-79-37-46-85(47-38-79)103-109-104(86-48-39-80(40-49-86)32-29-35-83-44-56-92-95-59-53-89(113(16,17)18)65-101(95)107(98(92)62-83,69-75(9)24-3)70-76(10)25-4)111-105(110-103)87-50-41-81(42-51-87)33-30-36-84-45-57-93-96-60-54-90(114(19,20)21)66-102(96)108(99(93)63-84,71-77(11)26-5)72-78(12)27-6/h37-66,73-78H,22-36,67-72H2,1-21H3. The Morgan fingerprint density at radius 3 is 0.623 bits per heavy atom. The maximum atomic E-state index is 5.36. The minimum Gasteiger partial charge on any atom is -0.208 e. The van der Waals surface area contributed by atoms with E-state index in [9.17, 15) is 0 Å². The Kier molecular flexibility index (Phi) is 26.0. The van der Waals surface area contributed by atoms with Crippen molar-refractivity contribution in [1.29, 1.82) is 0 Å². The predicted molar refractivity (Wildman–Crippen MR) is 504 cm³/mol. The van der Waals surface area contributed by atoms with E-state index in [0.717, 1.165) is 74.5 Å². The van der Waals surface area contributed by atoms with E-state index in [1.165, 1.54) is 144 Å². The molecule has 0 spiro atoms. The lowest BCUT2D eigenvalue weighted by Crippen LogP contribution is -2.39. The largest absolute Gasteiger partial charge is 0.208 e. The number of aromatic nitrogens is 3. The van der Waals surface area contributed by atoms with E-state index in [2.05, 4.69) is 324 Å². The highest BCUT2D eigenvalue weighted by atomic mass is 28.3. The third kappa shape index (κ3) is 17.9. The Labute approximate surface area is 694 Å². The summed E-state index contributed by atoms with van der Waals surface area (Å²) in [7, 11) is -4.60. The number of fused-ring (bicyclic) bond motifs is 9. The molecule has 0 bridgehead atoms. The van der Waals surface area contributed by atoms with Crippen LogP contribution in [0.15, 0.2) is 182 Å². The molecule has 3 aliphatic rings. The van der Waals surface area contributed by atoms with Crippen molar-refractivity contribution in [1.82, 2.24) is 15.0 Å². The molecule has 3 nitrogen and oxygen atoms in total. The quantitative estimate of drug-likeness (QED) is 0.0367. The van der Waals surface area contributed by atoms with Gasteiger partial charge in [-0.25, -0.2) is 15.0 Å². The number of aryl methyl sites for hydroxylation is 6. The monoisotopic (exact) mass is 1560 g/mol. The van der Waals surface area contributed by atoms with Crippen molar-refractivity contribution in [3.63, 3.8) is 0 Å². The molecular weight excluding hydrogens is 1420 g/mol. The molecule has 9 aromatic carbocycles. The van der Waals surface area contributed by atoms with Crippen molar-refractivity contribution in [2.45, 2.75) is 293 Å². The van der Waals surface area contributed by atoms with Gasteiger partial charge in [-0.1, -0.05) is 378 Å². The first kappa shape index (κ1) is 84.6. The van der Waals surface area contributed by atoms with Crippen molar-refractivity contribution >= 4 is 39.8 Å². The molecular formula is C108H141N3Si3. The topological polar surface area (TPSA) is 38.7 Å². The summed E-state index contributed by atoms with van der Waals surface area (Å²) < 4.78 is 0. The molecule has 6 atom stereocenters. The van der Waals surface area contributed by atoms with Crippen LogP contribution in [0, 0.1) is 35.5 Å². The molecule has 0 N–H and O–H groups in total. The van der Waals surface area contributed by atoms with Crippen LogP contribution in [0.5, 0.6) is 0 Å². The summed E-state index contributed by atoms with van der Waals surface area (Å²) in [6.45, 7) is 51.9. The van der Waals surface area contributed by atoms with Crippen molar-refractivity contribution in [2.75, 3.05) is 0 Å². The summed E-state index contributed by atoms with van der Waals surface area (Å²) in [5.41, 5.74) is 30.1. The van der Waals surface area contributed by atoms with Gasteiger partial charge in [0.2, 0.25) is 0 Å². The van der Waals surface area contributed by atoms with E-state index in [-0.39, 0.29) is 16.2 Å². The number of hydrogen-bond donors (Lipinski definition) is 0. The van der Waals surface area contributed by atoms with Gasteiger partial charge in [0.1, 0.15) is 0 Å². The zero-order valence-corrected chi connectivity index (χ0v) is 77.5. The molecule has 0 amide bonds. The van der Waals surface area contributed by atoms with Gasteiger partial charge >= 0.3 is 0 Å². The summed E-state index contributed by atoms with van der Waals surface area (Å²) >= 11 is 0. The molecule has 6 heteroatoms. The van der Waals surface area contributed by atoms with Gasteiger partial charge in [-0.15, -0.1) is 0 Å². The number of rotatable bonds is 36. The van der Waals surface area contributed by atoms with Crippen LogP contribution in [-0.4, -0.2) is 39.2 Å². The maximum absolute atomic E-state index is 5.36. The maximum Gasteiger partial charge on any atom is 0.164 e. The van der Waals surface area contributed by atoms with Gasteiger partial charge in [0.15, 0.2) is 17.5 Å². The Balaban J connectivity index is 0.752. The van der Waals surface area contributed by atoms with Crippen LogP contribution in [0.1, 0.15) is 246 Å². The van der Waals surface area contributed by atoms with Gasteiger partial charge < -0.3 is 0 Å². The van der Waals surface area contributed by atoms with E-state index in [4.69, 9.17) is 15.0 Å². The summed E-state index contributed by atoms with van der Waals surface area (Å²) in [5, 5.41) is 4.75. The van der Waals surface area contributed by atoms with Crippen LogP contribution >= 0.6 is 0 Å². The fourth-order valence-electron chi connectivity index (χ4n) is 20.2. The van der Waals surface area contributed by atoms with E-state index < -0.39 is 24.2 Å². The zero-order chi connectivity index (χ0) is 81.2. The van der Waals surface area contributed by atoms with Crippen LogP contribution in [0.3, 0.4) is 0 Å². The highest BCUT2D eigenvalue weighted by Crippen LogP contribution is 2.59. The van der Waals surface area contributed by atoms with Crippen LogP contribution < -0.4 is 15.6 Å². The van der Waals surface area contributed by atoms with Crippen molar-refractivity contribution < 1.29 is 0 Å². The van der Waals surface area contributed by atoms with Crippen molar-refractivity contribution in [2.24, 2.45) is 35.5 Å². The minimum atomic E-state index is -1.53. The van der Waals surface area contributed by atoms with Crippen LogP contribution in [0.2, 0.25) is 58.9 Å². The molecule has 6 unspecified atom stereocenters. The molecule has 0 radical (unpaired) electrons. The summed E-state index contributed by atoms with van der Waals surface area (Å²) in [5.74, 6) is 5.98. The molecule has 0 aliphatic heterocycles. The van der Waals surface area contributed by atoms with E-state index in [1.54, 1.807) is 48.9 Å². The third-order valence-corrected chi connectivity index (χ3v) is 34.4. The second-order valence-corrected chi connectivity index (χ2v) is 55.4. The van der Waals surface area contributed by atoms with Crippen LogP contribution in [-0.2, 0) is 54.8 Å². The SMILES string of the molecule is CCC(C)CC1(CC(C)CC)c2cc(CCCc3ccc(-c4nc(-c5ccc(CCCc6ccc7c(c6)C(CC(C)CC)(CC(C)CC)c6cc([Si](C)(C)C)ccc6-7)cc5)nc(-c5ccc(CCCc6ccc7c(c6)C(CC(C)CC)(CC(C)CC)c6cc([Si](C)(C)C)ccc6-7)cc5)n4)cc3)ccc2-c2ccc([Si](C)(C)C)cc21. The third-order valence-electron chi connectivity index (χ3n) is 28.3. The Morgan fingerprint density at radius 1 is 0.237 bits per heavy atom. The minimum absolute atomic E-state index is 0.0379. The molecule has 0 saturated heterocycles. The molecule has 13 rings (SSSR count). The summed E-state index contributed by atoms with van der Waals surface area (Å²) in [6, 6.07) is 73.2. The second kappa shape index (κ2) is 35.1. The van der Waals surface area contributed by atoms with Gasteiger partial charge in [-0.05, 0) is 232 Å². The molecule has 1 heterocycles. The lowest BCUT2D eigenvalue weighted by atomic mass is 9.66. The first-order chi connectivity index (χ1) is 54.4. The van der Waals surface area contributed by atoms with Crippen molar-refractivity contribution in [3.05, 3.63) is 249 Å². The van der Waals surface area contributed by atoms with Gasteiger partial charge in [0.05, 0.1) is 24.2 Å². The lowest BCUT2D eigenvalue weighted by molar-refractivity contribution is 0.308. The van der Waals surface area contributed by atoms with Gasteiger partial charge in [0, 0.05) is 32.9 Å². The van der Waals surface area contributed by atoms with Gasteiger partial charge in [-0.3, -0.25) is 0 Å². The first-order valence-corrected chi connectivity index (χ1v) is 55.8. The van der Waals surface area contributed by atoms with Crippen LogP contribution in [0.4, 0.5) is 0 Å². The number of benzene rings is 9. The Hall–Kier alpha value is -7.36.